The van der Waals surface area contributed by atoms with Crippen LogP contribution in [-0.2, 0) is 28.5 Å². The maximum absolute atomic E-state index is 13.1. The van der Waals surface area contributed by atoms with Gasteiger partial charge in [-0.05, 0) is 103 Å². The Labute approximate surface area is 492 Å². The Hall–Kier alpha value is -10.3. The Morgan fingerprint density at radius 3 is 1.55 bits per heavy atom. The highest BCUT2D eigenvalue weighted by atomic mass is 19.4. The zero-order chi connectivity index (χ0) is 61.4. The first-order chi connectivity index (χ1) is 41.8. The zero-order valence-corrected chi connectivity index (χ0v) is 46.9. The van der Waals surface area contributed by atoms with Crippen LogP contribution in [0.1, 0.15) is 76.9 Å². The van der Waals surface area contributed by atoms with E-state index in [1.807, 2.05) is 47.9 Å². The molecule has 0 saturated carbocycles. The maximum Gasteiger partial charge on any atom is 0.416 e. The van der Waals surface area contributed by atoms with Crippen LogP contribution in [0.5, 0.6) is 28.7 Å². The fourth-order valence-electron chi connectivity index (χ4n) is 9.76. The van der Waals surface area contributed by atoms with Gasteiger partial charge in [-0.2, -0.15) is 36.5 Å². The molecule has 2 atom stereocenters. The van der Waals surface area contributed by atoms with Crippen molar-refractivity contribution in [2.24, 2.45) is 0 Å². The van der Waals surface area contributed by atoms with Gasteiger partial charge in [0, 0.05) is 99.2 Å². The smallest absolute Gasteiger partial charge is 0.416 e. The molecule has 0 spiro atoms. The summed E-state index contributed by atoms with van der Waals surface area (Å²) in [5.74, 6) is 2.15. The molecule has 9 aromatic rings. The number of pyridine rings is 4. The Bertz CT molecular complexity index is 3940. The first kappa shape index (κ1) is 59.8. The van der Waals surface area contributed by atoms with Crippen molar-refractivity contribution >= 4 is 69.0 Å². The summed E-state index contributed by atoms with van der Waals surface area (Å²) in [5.41, 5.74) is 0.653. The molecular weight excluding hydrogens is 1140 g/mol. The van der Waals surface area contributed by atoms with Crippen molar-refractivity contribution in [2.75, 3.05) is 54.6 Å². The van der Waals surface area contributed by atoms with Gasteiger partial charge in [0.25, 0.3) is 11.8 Å². The van der Waals surface area contributed by atoms with Crippen molar-refractivity contribution < 1.29 is 59.7 Å². The number of nitrogens with zero attached hydrogens (tertiary/aromatic N) is 9. The number of alkyl halides is 6. The van der Waals surface area contributed by atoms with Gasteiger partial charge in [-0.3, -0.25) is 24.3 Å². The number of carbonyl (C=O) groups is 4. The zero-order valence-electron chi connectivity index (χ0n) is 46.9. The number of fused-ring (bicyclic) bond motifs is 2. The van der Waals surface area contributed by atoms with Crippen LogP contribution in [0.4, 0.5) is 49.6 Å². The minimum absolute atomic E-state index is 0.0230. The number of aromatic amines is 1. The number of benzene rings is 3. The number of aromatic nitrogens is 8. The fourth-order valence-corrected chi connectivity index (χ4v) is 9.76. The Morgan fingerprint density at radius 1 is 0.586 bits per heavy atom. The number of methoxy groups -OCH3 is 1. The van der Waals surface area contributed by atoms with Crippen LogP contribution >= 0.6 is 0 Å². The summed E-state index contributed by atoms with van der Waals surface area (Å²) in [4.78, 5) is 69.8. The predicted octanol–water partition coefficient (Wildman–Crippen LogP) is 11.2. The largest absolute Gasteiger partial charge is 0.497 e. The molecule has 4 amide bonds. The number of halogens is 6. The van der Waals surface area contributed by atoms with Crippen molar-refractivity contribution in [1.82, 2.24) is 49.7 Å². The van der Waals surface area contributed by atoms with Gasteiger partial charge >= 0.3 is 12.4 Å². The molecule has 21 nitrogen and oxygen atoms in total. The highest BCUT2D eigenvalue weighted by Gasteiger charge is 2.33. The summed E-state index contributed by atoms with van der Waals surface area (Å²) in [6, 6.07) is 26.5. The first-order valence-corrected chi connectivity index (χ1v) is 27.5. The summed E-state index contributed by atoms with van der Waals surface area (Å²) < 4.78 is 97.4. The van der Waals surface area contributed by atoms with Crippen molar-refractivity contribution in [3.8, 4) is 28.7 Å². The van der Waals surface area contributed by atoms with E-state index in [1.54, 1.807) is 60.6 Å². The molecule has 2 aliphatic rings. The van der Waals surface area contributed by atoms with E-state index in [2.05, 4.69) is 51.4 Å². The van der Waals surface area contributed by atoms with Crippen LogP contribution in [-0.4, -0.2) is 119 Å². The molecule has 0 radical (unpaired) electrons. The quantitative estimate of drug-likeness (QED) is 0.0532. The third kappa shape index (κ3) is 14.4. The molecule has 2 saturated heterocycles. The van der Waals surface area contributed by atoms with E-state index >= 15 is 0 Å². The van der Waals surface area contributed by atoms with Gasteiger partial charge in [0.05, 0.1) is 24.8 Å². The number of nitrogens with one attached hydrogen (secondary N) is 5. The van der Waals surface area contributed by atoms with Crippen LogP contribution < -0.4 is 35.5 Å². The van der Waals surface area contributed by atoms with Crippen LogP contribution in [0.3, 0.4) is 0 Å². The van der Waals surface area contributed by atoms with Crippen molar-refractivity contribution in [3.63, 3.8) is 0 Å². The number of anilines is 4. The monoisotopic (exact) mass is 1200 g/mol. The minimum atomic E-state index is -4.56. The SMILES string of the molecule is CCC(=O)N1CC[C@@H](Nc2n[nH]c3nccc(Oc4ccc(C(=O)Nc5cc(C(F)(F)F)ccn5)cc4)c23)C1.CCC(=O)N1CC[C@@H](Nc2nn(Cc3ccc(OC)cc3)c3nccc(Oc4ccc(C(=O)Nc5cc(C(F)(F)F)ccn5)cc4)c23)C1. The molecule has 2 fully saturated rings. The van der Waals surface area contributed by atoms with E-state index in [0.717, 1.165) is 60.8 Å². The van der Waals surface area contributed by atoms with Crippen LogP contribution in [0.25, 0.3) is 22.1 Å². The third-order valence-electron chi connectivity index (χ3n) is 14.2. The molecule has 3 aromatic carbocycles. The highest BCUT2D eigenvalue weighted by Crippen LogP contribution is 2.38. The number of amides is 4. The molecule has 450 valence electrons. The predicted molar refractivity (Wildman–Crippen MR) is 309 cm³/mol. The summed E-state index contributed by atoms with van der Waals surface area (Å²) in [6.45, 7) is 6.57. The molecular formula is C60H56F6N14O7. The average Bonchev–Trinajstić information content (AvgIpc) is 3.28. The van der Waals surface area contributed by atoms with Gasteiger partial charge in [0.15, 0.2) is 22.9 Å². The summed E-state index contributed by atoms with van der Waals surface area (Å²) in [5, 5.41) is 25.0. The van der Waals surface area contributed by atoms with Crippen LogP contribution in [0.2, 0.25) is 0 Å². The molecule has 2 aliphatic heterocycles. The molecule has 0 unspecified atom stereocenters. The van der Waals surface area contributed by atoms with Crippen molar-refractivity contribution in [3.05, 3.63) is 162 Å². The number of hydrogen-bond donors (Lipinski definition) is 5. The molecule has 8 heterocycles. The lowest BCUT2D eigenvalue weighted by Gasteiger charge is -2.16. The number of ether oxygens (including phenoxy) is 3. The number of H-pyrrole nitrogens is 1. The molecule has 87 heavy (non-hydrogen) atoms. The first-order valence-electron chi connectivity index (χ1n) is 27.5. The van der Waals surface area contributed by atoms with E-state index < -0.39 is 35.3 Å². The van der Waals surface area contributed by atoms with E-state index in [-0.39, 0.29) is 46.7 Å². The lowest BCUT2D eigenvalue weighted by Crippen LogP contribution is -2.31. The topological polar surface area (TPSA) is 249 Å². The molecule has 0 bridgehead atoms. The van der Waals surface area contributed by atoms with Gasteiger partial charge in [-0.25, -0.2) is 24.6 Å². The van der Waals surface area contributed by atoms with E-state index in [9.17, 15) is 45.5 Å². The third-order valence-corrected chi connectivity index (χ3v) is 14.2. The second-order valence-corrected chi connectivity index (χ2v) is 20.1. The average molecular weight is 1200 g/mol. The van der Waals surface area contributed by atoms with Crippen LogP contribution in [0, 0.1) is 0 Å². The van der Waals surface area contributed by atoms with E-state index in [0.29, 0.717) is 102 Å². The fraction of sp³-hybridized carbons (Fsp3) is 0.267. The molecule has 0 aliphatic carbocycles. The highest BCUT2D eigenvalue weighted by molar-refractivity contribution is 6.04. The lowest BCUT2D eigenvalue weighted by atomic mass is 10.2. The molecule has 5 N–H and O–H groups in total. The molecule has 11 rings (SSSR count). The van der Waals surface area contributed by atoms with Crippen molar-refractivity contribution in [1.29, 1.82) is 0 Å². The minimum Gasteiger partial charge on any atom is -0.497 e. The second-order valence-electron chi connectivity index (χ2n) is 20.1. The number of hydrogen-bond acceptors (Lipinski definition) is 15. The Balaban J connectivity index is 0.000000197. The van der Waals surface area contributed by atoms with E-state index in [1.165, 1.54) is 24.3 Å². The Morgan fingerprint density at radius 2 is 1.06 bits per heavy atom. The Kier molecular flexibility index (Phi) is 17.8. The van der Waals surface area contributed by atoms with E-state index in [4.69, 9.17) is 19.3 Å². The lowest BCUT2D eigenvalue weighted by molar-refractivity contribution is -0.138. The normalized spacial score (nSPS) is 15.0. The van der Waals surface area contributed by atoms with Crippen LogP contribution in [0.15, 0.2) is 134 Å². The summed E-state index contributed by atoms with van der Waals surface area (Å²) >= 11 is 0. The number of rotatable bonds is 17. The standard InChI is InChI=1S/C34H32F3N7O4.C26H24F3N7O3/c1-3-29(45)43-17-14-24(20-43)40-31-30-27(13-16-39-32(30)44(42-31)19-21-4-8-25(47-2)9-5-21)48-26-10-6-22(7-11-26)33(46)41-28-18-23(12-15-38-28)34(35,36)37;1-2-21(37)36-12-9-17(14-36)32-24-22-19(8-11-31-23(22)34-35-24)39-18-5-3-15(4-6-18)25(38)33-20-13-16(7-10-30-20)26(27,28)29/h4-13,15-16,18,24H,3,14,17,19-20H2,1-2H3,(H,40,42)(H,38,41,46);3-8,10-11,13,17H,2,9,12,14H2,1H3,(H,30,33,38)(H2,31,32,34,35)/t24-;17-/m11/s1. The van der Waals surface area contributed by atoms with Gasteiger partial charge in [0.2, 0.25) is 11.8 Å². The number of carbonyl (C=O) groups excluding carboxylic acids is 4. The maximum atomic E-state index is 13.1. The second kappa shape index (κ2) is 25.9. The van der Waals surface area contributed by atoms with Gasteiger partial charge < -0.3 is 45.3 Å². The van der Waals surface area contributed by atoms with Gasteiger partial charge in [0.1, 0.15) is 51.2 Å². The van der Waals surface area contributed by atoms with Gasteiger partial charge in [-0.1, -0.05) is 26.0 Å². The molecule has 6 aromatic heterocycles. The molecule has 27 heteroatoms. The van der Waals surface area contributed by atoms with Crippen molar-refractivity contribution in [2.45, 2.75) is 70.5 Å². The summed E-state index contributed by atoms with van der Waals surface area (Å²) in [6.07, 6.45) is -1.50. The summed E-state index contributed by atoms with van der Waals surface area (Å²) in [7, 11) is 1.61. The van der Waals surface area contributed by atoms with Gasteiger partial charge in [-0.15, -0.1) is 0 Å². The number of likely N-dealkylation sites (tertiary alicyclic amines) is 2.